The van der Waals surface area contributed by atoms with Crippen molar-refractivity contribution in [1.82, 2.24) is 15.1 Å². The Labute approximate surface area is 159 Å². The lowest BCUT2D eigenvalue weighted by Gasteiger charge is -2.10. The Kier molecular flexibility index (Phi) is 6.71. The Balaban J connectivity index is 2.02. The maximum Gasteiger partial charge on any atom is 0.172 e. The summed E-state index contributed by atoms with van der Waals surface area (Å²) in [7, 11) is 0. The summed E-state index contributed by atoms with van der Waals surface area (Å²) in [4.78, 5) is 0. The Morgan fingerprint density at radius 3 is 2.74 bits per heavy atom. The highest BCUT2D eigenvalue weighted by atomic mass is 79.9. The van der Waals surface area contributed by atoms with Crippen molar-refractivity contribution in [2.75, 3.05) is 11.9 Å². The fourth-order valence-corrected chi connectivity index (χ4v) is 2.75. The molecule has 0 aliphatic heterocycles. The van der Waals surface area contributed by atoms with Crippen LogP contribution in [0.1, 0.15) is 19.4 Å². The van der Waals surface area contributed by atoms with E-state index in [2.05, 4.69) is 45.5 Å². The summed E-state index contributed by atoms with van der Waals surface area (Å²) in [5.74, 6) is 1.19. The third-order valence-electron chi connectivity index (χ3n) is 2.95. The first kappa shape index (κ1) is 18.5. The number of nitrogens with zero attached hydrogens (tertiary/aromatic N) is 2. The highest BCUT2D eigenvalue weighted by Crippen LogP contribution is 2.24. The Morgan fingerprint density at radius 1 is 1.35 bits per heavy atom. The Bertz CT molecular complexity index is 703. The quantitative estimate of drug-likeness (QED) is 0.652. The molecule has 2 N–H and O–H groups in total. The first-order chi connectivity index (χ1) is 10.8. The van der Waals surface area contributed by atoms with Crippen molar-refractivity contribution in [1.29, 1.82) is 0 Å². The van der Waals surface area contributed by atoms with Crippen molar-refractivity contribution in [3.05, 3.63) is 44.5 Å². The first-order valence-electron chi connectivity index (χ1n) is 7.07. The molecule has 1 heterocycles. The minimum absolute atomic E-state index is 0.519. The molecule has 0 amide bonds. The van der Waals surface area contributed by atoms with Crippen molar-refractivity contribution >= 4 is 62.3 Å². The van der Waals surface area contributed by atoms with Gasteiger partial charge in [-0.1, -0.05) is 43.1 Å². The van der Waals surface area contributed by atoms with Gasteiger partial charge in [-0.3, -0.25) is 4.68 Å². The van der Waals surface area contributed by atoms with Crippen molar-refractivity contribution in [2.24, 2.45) is 5.92 Å². The van der Waals surface area contributed by atoms with Crippen LogP contribution in [0.3, 0.4) is 0 Å². The van der Waals surface area contributed by atoms with E-state index in [0.717, 1.165) is 16.6 Å². The molecule has 124 valence electrons. The van der Waals surface area contributed by atoms with Gasteiger partial charge < -0.3 is 10.6 Å². The van der Waals surface area contributed by atoms with Crippen LogP contribution in [0, 0.1) is 5.92 Å². The second-order valence-corrected chi connectivity index (χ2v) is 7.58. The molecule has 1 aromatic carbocycles. The molecule has 0 bridgehead atoms. The van der Waals surface area contributed by atoms with E-state index in [1.807, 2.05) is 18.3 Å². The molecule has 4 nitrogen and oxygen atoms in total. The summed E-state index contributed by atoms with van der Waals surface area (Å²) in [5, 5.41) is 12.3. The van der Waals surface area contributed by atoms with Crippen LogP contribution in [0.5, 0.6) is 0 Å². The van der Waals surface area contributed by atoms with E-state index < -0.39 is 0 Å². The maximum absolute atomic E-state index is 6.04. The molecule has 0 spiro atoms. The molecule has 0 atom stereocenters. The van der Waals surface area contributed by atoms with Crippen LogP contribution in [-0.2, 0) is 6.54 Å². The molecular formula is C15H17BrCl2N4S. The molecule has 0 aliphatic carbocycles. The van der Waals surface area contributed by atoms with Gasteiger partial charge in [-0.2, -0.15) is 5.10 Å². The first-order valence-corrected chi connectivity index (χ1v) is 9.02. The second-order valence-electron chi connectivity index (χ2n) is 5.50. The lowest BCUT2D eigenvalue weighted by Crippen LogP contribution is -2.31. The monoisotopic (exact) mass is 434 g/mol. The van der Waals surface area contributed by atoms with E-state index in [1.54, 1.807) is 10.7 Å². The number of hydrogen-bond donors (Lipinski definition) is 2. The van der Waals surface area contributed by atoms with E-state index in [0.29, 0.717) is 33.4 Å². The molecule has 0 aliphatic rings. The van der Waals surface area contributed by atoms with Gasteiger partial charge in [-0.05, 0) is 51.8 Å². The lowest BCUT2D eigenvalue weighted by atomic mass is 10.2. The van der Waals surface area contributed by atoms with E-state index >= 15 is 0 Å². The van der Waals surface area contributed by atoms with Gasteiger partial charge in [-0.25, -0.2) is 0 Å². The number of halogens is 3. The van der Waals surface area contributed by atoms with Gasteiger partial charge in [0.25, 0.3) is 0 Å². The standard InChI is InChI=1S/C15H17BrCl2N4S/c1-9(2)6-19-15(23)20-14-11(16)8-22(21-14)7-10-3-4-12(17)13(18)5-10/h3-5,8-9H,6-7H2,1-2H3,(H2,19,20,21,23). The molecule has 0 radical (unpaired) electrons. The lowest BCUT2D eigenvalue weighted by molar-refractivity contribution is 0.627. The minimum atomic E-state index is 0.519. The van der Waals surface area contributed by atoms with Gasteiger partial charge in [0.15, 0.2) is 10.9 Å². The average molecular weight is 436 g/mol. The summed E-state index contributed by atoms with van der Waals surface area (Å²) >= 11 is 20.7. The van der Waals surface area contributed by atoms with Gasteiger partial charge in [0, 0.05) is 12.7 Å². The van der Waals surface area contributed by atoms with Crippen LogP contribution in [0.2, 0.25) is 10.0 Å². The normalized spacial score (nSPS) is 10.9. The molecular weight excluding hydrogens is 419 g/mol. The Morgan fingerprint density at radius 2 is 2.09 bits per heavy atom. The molecule has 0 fully saturated rings. The average Bonchev–Trinajstić information content (AvgIpc) is 2.80. The summed E-state index contributed by atoms with van der Waals surface area (Å²) in [6, 6.07) is 5.54. The molecule has 0 unspecified atom stereocenters. The van der Waals surface area contributed by atoms with Crippen LogP contribution in [0.4, 0.5) is 5.82 Å². The second kappa shape index (κ2) is 8.33. The number of anilines is 1. The number of benzene rings is 1. The molecule has 23 heavy (non-hydrogen) atoms. The summed E-state index contributed by atoms with van der Waals surface area (Å²) in [6.45, 7) is 5.64. The fourth-order valence-electron chi connectivity index (χ4n) is 1.84. The van der Waals surface area contributed by atoms with E-state index in [-0.39, 0.29) is 0 Å². The largest absolute Gasteiger partial charge is 0.362 e. The van der Waals surface area contributed by atoms with Gasteiger partial charge in [0.1, 0.15) is 0 Å². The maximum atomic E-state index is 6.04. The van der Waals surface area contributed by atoms with Crippen LogP contribution < -0.4 is 10.6 Å². The van der Waals surface area contributed by atoms with Crippen molar-refractivity contribution in [2.45, 2.75) is 20.4 Å². The predicted octanol–water partition coefficient (Wildman–Crippen LogP) is 4.94. The van der Waals surface area contributed by atoms with Gasteiger partial charge in [0.05, 0.1) is 21.1 Å². The van der Waals surface area contributed by atoms with Crippen LogP contribution in [0.15, 0.2) is 28.9 Å². The summed E-state index contributed by atoms with van der Waals surface area (Å²) in [6.07, 6.45) is 1.88. The number of aromatic nitrogens is 2. The zero-order valence-electron chi connectivity index (χ0n) is 12.7. The fraction of sp³-hybridized carbons (Fsp3) is 0.333. The molecule has 8 heteroatoms. The highest BCUT2D eigenvalue weighted by Gasteiger charge is 2.09. The van der Waals surface area contributed by atoms with Gasteiger partial charge >= 0.3 is 0 Å². The van der Waals surface area contributed by atoms with Crippen LogP contribution in [0.25, 0.3) is 0 Å². The van der Waals surface area contributed by atoms with Gasteiger partial charge in [0.2, 0.25) is 0 Å². The number of hydrogen-bond acceptors (Lipinski definition) is 2. The number of nitrogens with one attached hydrogen (secondary N) is 2. The van der Waals surface area contributed by atoms with Gasteiger partial charge in [-0.15, -0.1) is 0 Å². The molecule has 2 aromatic rings. The molecule has 1 aromatic heterocycles. The third-order valence-corrected chi connectivity index (χ3v) is 4.51. The number of thiocarbonyl (C=S) groups is 1. The molecule has 0 saturated carbocycles. The summed E-state index contributed by atoms with van der Waals surface area (Å²) in [5.41, 5.74) is 1.02. The highest BCUT2D eigenvalue weighted by molar-refractivity contribution is 9.10. The van der Waals surface area contributed by atoms with E-state index in [1.165, 1.54) is 0 Å². The third kappa shape index (κ3) is 5.64. The summed E-state index contributed by atoms with van der Waals surface area (Å²) < 4.78 is 2.64. The predicted molar refractivity (Wildman–Crippen MR) is 105 cm³/mol. The van der Waals surface area contributed by atoms with E-state index in [4.69, 9.17) is 35.4 Å². The van der Waals surface area contributed by atoms with E-state index in [9.17, 15) is 0 Å². The van der Waals surface area contributed by atoms with Crippen LogP contribution >= 0.6 is 51.3 Å². The molecule has 0 saturated heterocycles. The van der Waals surface area contributed by atoms with Crippen molar-refractivity contribution in [3.63, 3.8) is 0 Å². The minimum Gasteiger partial charge on any atom is -0.362 e. The smallest absolute Gasteiger partial charge is 0.172 e. The van der Waals surface area contributed by atoms with Crippen molar-refractivity contribution in [3.8, 4) is 0 Å². The Hall–Kier alpha value is -0.820. The molecule has 2 rings (SSSR count). The van der Waals surface area contributed by atoms with Crippen LogP contribution in [-0.4, -0.2) is 21.4 Å². The zero-order valence-corrected chi connectivity index (χ0v) is 16.7. The zero-order chi connectivity index (χ0) is 17.0. The number of rotatable bonds is 5. The topological polar surface area (TPSA) is 41.9 Å². The van der Waals surface area contributed by atoms with Crippen molar-refractivity contribution < 1.29 is 0 Å². The SMILES string of the molecule is CC(C)CNC(=S)Nc1nn(Cc2ccc(Cl)c(Cl)c2)cc1Br.